The van der Waals surface area contributed by atoms with Crippen molar-refractivity contribution in [3.63, 3.8) is 0 Å². The molecule has 2 rings (SSSR count). The Hall–Kier alpha value is -1.20. The Kier molecular flexibility index (Phi) is 4.28. The Balaban J connectivity index is 1.98. The van der Waals surface area contributed by atoms with Crippen LogP contribution in [0.5, 0.6) is 0 Å². The molecule has 0 saturated heterocycles. The summed E-state index contributed by atoms with van der Waals surface area (Å²) in [5, 5.41) is 4.49. The van der Waals surface area contributed by atoms with Crippen LogP contribution in [-0.4, -0.2) is 21.1 Å². The summed E-state index contributed by atoms with van der Waals surface area (Å²) in [7, 11) is 0. The van der Waals surface area contributed by atoms with Crippen LogP contribution in [0, 0.1) is 6.92 Å². The average molecular weight is 250 g/mol. The van der Waals surface area contributed by atoms with Gasteiger partial charge < -0.3 is 9.88 Å². The molecule has 17 heavy (non-hydrogen) atoms. The molecule has 0 aliphatic carbocycles. The smallest absolute Gasteiger partial charge is 0.122 e. The molecule has 0 saturated carbocycles. The second-order valence-electron chi connectivity index (χ2n) is 3.99. The molecular formula is C12H18N4S. The van der Waals surface area contributed by atoms with E-state index >= 15 is 0 Å². The van der Waals surface area contributed by atoms with Crippen LogP contribution in [0.15, 0.2) is 18.6 Å². The van der Waals surface area contributed by atoms with E-state index in [1.165, 1.54) is 4.88 Å². The van der Waals surface area contributed by atoms with E-state index in [0.29, 0.717) is 0 Å². The van der Waals surface area contributed by atoms with Crippen molar-refractivity contribution in [3.05, 3.63) is 34.3 Å². The fraction of sp³-hybridized carbons (Fsp3) is 0.500. The molecule has 0 fully saturated rings. The molecule has 1 N–H and O–H groups in total. The topological polar surface area (TPSA) is 42.7 Å². The molecule has 0 atom stereocenters. The van der Waals surface area contributed by atoms with Crippen molar-refractivity contribution >= 4 is 11.3 Å². The molecule has 0 spiro atoms. The zero-order chi connectivity index (χ0) is 12.1. The molecule has 0 unspecified atom stereocenters. The second kappa shape index (κ2) is 5.93. The maximum absolute atomic E-state index is 4.38. The predicted molar refractivity (Wildman–Crippen MR) is 70.2 cm³/mol. The van der Waals surface area contributed by atoms with Gasteiger partial charge in [-0.25, -0.2) is 9.97 Å². The summed E-state index contributed by atoms with van der Waals surface area (Å²) in [5.41, 5.74) is 0. The predicted octanol–water partition coefficient (Wildman–Crippen LogP) is 2.20. The van der Waals surface area contributed by atoms with Crippen molar-refractivity contribution in [2.24, 2.45) is 0 Å². The first-order chi connectivity index (χ1) is 8.29. The molecule has 0 radical (unpaired) electrons. The van der Waals surface area contributed by atoms with Crippen molar-refractivity contribution in [2.75, 3.05) is 6.54 Å². The van der Waals surface area contributed by atoms with Gasteiger partial charge in [-0.05, 0) is 19.9 Å². The number of thiazole rings is 1. The van der Waals surface area contributed by atoms with Crippen LogP contribution in [0.4, 0.5) is 0 Å². The molecule has 92 valence electrons. The highest BCUT2D eigenvalue weighted by molar-refractivity contribution is 7.11. The van der Waals surface area contributed by atoms with Gasteiger partial charge in [-0.1, -0.05) is 6.92 Å². The van der Waals surface area contributed by atoms with E-state index in [1.54, 1.807) is 11.3 Å². The fourth-order valence-corrected chi connectivity index (χ4v) is 2.47. The summed E-state index contributed by atoms with van der Waals surface area (Å²) in [6.45, 7) is 6.94. The van der Waals surface area contributed by atoms with Crippen LogP contribution < -0.4 is 5.32 Å². The van der Waals surface area contributed by atoms with Crippen molar-refractivity contribution < 1.29 is 0 Å². The van der Waals surface area contributed by atoms with Crippen LogP contribution in [0.3, 0.4) is 0 Å². The lowest BCUT2D eigenvalue weighted by Crippen LogP contribution is -2.17. The summed E-state index contributed by atoms with van der Waals surface area (Å²) in [4.78, 5) is 9.92. The highest BCUT2D eigenvalue weighted by Gasteiger charge is 2.04. The fourth-order valence-electron chi connectivity index (χ4n) is 1.67. The Morgan fingerprint density at radius 3 is 3.00 bits per heavy atom. The maximum Gasteiger partial charge on any atom is 0.122 e. The molecule has 4 nitrogen and oxygen atoms in total. The standard InChI is InChI=1S/C12H18N4S/c1-3-4-13-8-12-14-5-6-16(12)9-11-7-15-10(2)17-11/h5-7,13H,3-4,8-9H2,1-2H3. The Bertz CT molecular complexity index is 461. The van der Waals surface area contributed by atoms with Gasteiger partial charge in [0.25, 0.3) is 0 Å². The number of imidazole rings is 1. The summed E-state index contributed by atoms with van der Waals surface area (Å²) >= 11 is 1.74. The van der Waals surface area contributed by atoms with E-state index in [4.69, 9.17) is 0 Å². The molecule has 0 amide bonds. The first-order valence-electron chi connectivity index (χ1n) is 5.91. The van der Waals surface area contributed by atoms with Gasteiger partial charge in [0.2, 0.25) is 0 Å². The quantitative estimate of drug-likeness (QED) is 0.799. The van der Waals surface area contributed by atoms with Crippen molar-refractivity contribution in [1.29, 1.82) is 0 Å². The molecule has 0 aliphatic heterocycles. The summed E-state index contributed by atoms with van der Waals surface area (Å²) in [5.74, 6) is 1.09. The number of aromatic nitrogens is 3. The number of hydrogen-bond donors (Lipinski definition) is 1. The Morgan fingerprint density at radius 1 is 1.41 bits per heavy atom. The largest absolute Gasteiger partial charge is 0.329 e. The zero-order valence-corrected chi connectivity index (χ0v) is 11.1. The van der Waals surface area contributed by atoms with Crippen molar-refractivity contribution in [1.82, 2.24) is 19.9 Å². The summed E-state index contributed by atoms with van der Waals surface area (Å²) < 4.78 is 2.18. The monoisotopic (exact) mass is 250 g/mol. The van der Waals surface area contributed by atoms with E-state index in [9.17, 15) is 0 Å². The third-order valence-electron chi connectivity index (χ3n) is 2.51. The van der Waals surface area contributed by atoms with Crippen LogP contribution in [0.2, 0.25) is 0 Å². The van der Waals surface area contributed by atoms with Gasteiger partial charge in [0, 0.05) is 23.5 Å². The van der Waals surface area contributed by atoms with Gasteiger partial charge in [0.05, 0.1) is 18.1 Å². The highest BCUT2D eigenvalue weighted by Crippen LogP contribution is 2.13. The van der Waals surface area contributed by atoms with Crippen LogP contribution in [-0.2, 0) is 13.1 Å². The van der Waals surface area contributed by atoms with Gasteiger partial charge in [-0.15, -0.1) is 11.3 Å². The average Bonchev–Trinajstić information content (AvgIpc) is 2.90. The van der Waals surface area contributed by atoms with E-state index in [1.807, 2.05) is 25.5 Å². The molecule has 2 heterocycles. The summed E-state index contributed by atoms with van der Waals surface area (Å²) in [6, 6.07) is 0. The first-order valence-corrected chi connectivity index (χ1v) is 6.73. The SMILES string of the molecule is CCCNCc1nccn1Cc1cnc(C)s1. The molecule has 0 aliphatic rings. The highest BCUT2D eigenvalue weighted by atomic mass is 32.1. The second-order valence-corrected chi connectivity index (χ2v) is 5.31. The number of nitrogens with zero attached hydrogens (tertiary/aromatic N) is 3. The van der Waals surface area contributed by atoms with Gasteiger partial charge in [-0.2, -0.15) is 0 Å². The normalized spacial score (nSPS) is 10.9. The number of rotatable bonds is 6. The van der Waals surface area contributed by atoms with Crippen LogP contribution in [0.1, 0.15) is 29.1 Å². The lowest BCUT2D eigenvalue weighted by molar-refractivity contribution is 0.617. The van der Waals surface area contributed by atoms with Crippen LogP contribution in [0.25, 0.3) is 0 Å². The lowest BCUT2D eigenvalue weighted by Gasteiger charge is -2.06. The van der Waals surface area contributed by atoms with Gasteiger partial charge in [0.1, 0.15) is 5.82 Å². The van der Waals surface area contributed by atoms with Crippen molar-refractivity contribution in [2.45, 2.75) is 33.4 Å². The van der Waals surface area contributed by atoms with Crippen molar-refractivity contribution in [3.8, 4) is 0 Å². The minimum Gasteiger partial charge on any atom is -0.329 e. The van der Waals surface area contributed by atoms with Crippen LogP contribution >= 0.6 is 11.3 Å². The van der Waals surface area contributed by atoms with E-state index in [-0.39, 0.29) is 0 Å². The van der Waals surface area contributed by atoms with Gasteiger partial charge in [-0.3, -0.25) is 0 Å². The zero-order valence-electron chi connectivity index (χ0n) is 10.3. The number of hydrogen-bond acceptors (Lipinski definition) is 4. The Labute approximate surface area is 106 Å². The maximum atomic E-state index is 4.38. The van der Waals surface area contributed by atoms with Gasteiger partial charge in [0.15, 0.2) is 0 Å². The Morgan fingerprint density at radius 2 is 2.29 bits per heavy atom. The number of aryl methyl sites for hydroxylation is 1. The summed E-state index contributed by atoms with van der Waals surface area (Å²) in [6.07, 6.45) is 6.98. The first kappa shape index (κ1) is 12.3. The molecule has 0 aromatic carbocycles. The molecule has 0 bridgehead atoms. The third kappa shape index (κ3) is 3.38. The molecule has 2 aromatic rings. The minimum absolute atomic E-state index is 0.832. The number of nitrogens with one attached hydrogen (secondary N) is 1. The van der Waals surface area contributed by atoms with Gasteiger partial charge >= 0.3 is 0 Å². The molecule has 2 aromatic heterocycles. The molecular weight excluding hydrogens is 232 g/mol. The lowest BCUT2D eigenvalue weighted by atomic mass is 10.4. The molecule has 5 heteroatoms. The van der Waals surface area contributed by atoms with E-state index in [2.05, 4.69) is 26.8 Å². The van der Waals surface area contributed by atoms with E-state index < -0.39 is 0 Å². The third-order valence-corrected chi connectivity index (χ3v) is 3.40. The van der Waals surface area contributed by atoms with E-state index in [0.717, 1.165) is 36.9 Å². The minimum atomic E-state index is 0.832.